The molecule has 0 radical (unpaired) electrons. The summed E-state index contributed by atoms with van der Waals surface area (Å²) in [5.74, 6) is 2.72. The van der Waals surface area contributed by atoms with Gasteiger partial charge in [0.2, 0.25) is 0 Å². The van der Waals surface area contributed by atoms with E-state index < -0.39 is 0 Å². The molecule has 1 saturated carbocycles. The molecule has 18 heavy (non-hydrogen) atoms. The number of anilines is 2. The summed E-state index contributed by atoms with van der Waals surface area (Å²) in [5, 5.41) is 10.3. The van der Waals surface area contributed by atoms with Gasteiger partial charge in [-0.1, -0.05) is 0 Å². The normalized spacial score (nSPS) is 23.7. The van der Waals surface area contributed by atoms with Crippen molar-refractivity contribution in [3.63, 3.8) is 0 Å². The largest absolute Gasteiger partial charge is 0.367 e. The first-order chi connectivity index (χ1) is 8.79. The smallest absolute Gasteiger partial charge is 0.132 e. The van der Waals surface area contributed by atoms with Crippen molar-refractivity contribution in [1.29, 1.82) is 0 Å². The Balaban J connectivity index is 1.67. The SMILES string of the molecule is Cc1nc(NC2CC2)cc(NC2CCCNC2)n1. The van der Waals surface area contributed by atoms with Gasteiger partial charge in [0.1, 0.15) is 17.5 Å². The molecule has 1 unspecified atom stereocenters. The minimum atomic E-state index is 0.488. The average molecular weight is 247 g/mol. The van der Waals surface area contributed by atoms with Crippen molar-refractivity contribution in [3.8, 4) is 0 Å². The highest BCUT2D eigenvalue weighted by atomic mass is 15.1. The van der Waals surface area contributed by atoms with E-state index in [-0.39, 0.29) is 0 Å². The first kappa shape index (κ1) is 11.7. The third-order valence-electron chi connectivity index (χ3n) is 3.42. The Kier molecular flexibility index (Phi) is 3.32. The van der Waals surface area contributed by atoms with Crippen LogP contribution in [0.2, 0.25) is 0 Å². The Morgan fingerprint density at radius 2 is 1.83 bits per heavy atom. The van der Waals surface area contributed by atoms with Crippen LogP contribution in [0.25, 0.3) is 0 Å². The fraction of sp³-hybridized carbons (Fsp3) is 0.692. The second kappa shape index (κ2) is 5.10. The van der Waals surface area contributed by atoms with Crippen molar-refractivity contribution < 1.29 is 0 Å². The van der Waals surface area contributed by atoms with E-state index in [1.54, 1.807) is 0 Å². The molecule has 1 aliphatic carbocycles. The third-order valence-corrected chi connectivity index (χ3v) is 3.42. The van der Waals surface area contributed by atoms with Crippen LogP contribution in [0.15, 0.2) is 6.07 Å². The van der Waals surface area contributed by atoms with Crippen LogP contribution in [0.4, 0.5) is 11.6 Å². The lowest BCUT2D eigenvalue weighted by molar-refractivity contribution is 0.479. The first-order valence-electron chi connectivity index (χ1n) is 6.89. The molecular formula is C13H21N5. The lowest BCUT2D eigenvalue weighted by Gasteiger charge is -2.24. The number of nitrogens with one attached hydrogen (secondary N) is 3. The number of nitrogens with zero attached hydrogens (tertiary/aromatic N) is 2. The van der Waals surface area contributed by atoms with E-state index >= 15 is 0 Å². The summed E-state index contributed by atoms with van der Waals surface area (Å²) in [4.78, 5) is 8.89. The molecule has 98 valence electrons. The Morgan fingerprint density at radius 3 is 2.44 bits per heavy atom. The van der Waals surface area contributed by atoms with Crippen molar-refractivity contribution in [2.24, 2.45) is 0 Å². The molecule has 2 aliphatic rings. The highest BCUT2D eigenvalue weighted by molar-refractivity contribution is 5.49. The van der Waals surface area contributed by atoms with Gasteiger partial charge in [-0.2, -0.15) is 0 Å². The van der Waals surface area contributed by atoms with Gasteiger partial charge in [-0.3, -0.25) is 0 Å². The third kappa shape index (κ3) is 3.10. The summed E-state index contributed by atoms with van der Waals surface area (Å²) in [7, 11) is 0. The molecule has 0 bridgehead atoms. The number of hydrogen-bond acceptors (Lipinski definition) is 5. The van der Waals surface area contributed by atoms with Crippen LogP contribution < -0.4 is 16.0 Å². The predicted octanol–water partition coefficient (Wildman–Crippen LogP) is 1.52. The Labute approximate surface area is 108 Å². The van der Waals surface area contributed by atoms with Gasteiger partial charge in [0.05, 0.1) is 0 Å². The van der Waals surface area contributed by atoms with E-state index in [1.165, 1.54) is 25.7 Å². The number of rotatable bonds is 4. The molecule has 0 amide bonds. The van der Waals surface area contributed by atoms with Crippen molar-refractivity contribution in [2.75, 3.05) is 23.7 Å². The lowest BCUT2D eigenvalue weighted by Crippen LogP contribution is -2.38. The summed E-state index contributed by atoms with van der Waals surface area (Å²) in [5.41, 5.74) is 0. The van der Waals surface area contributed by atoms with Gasteiger partial charge in [-0.05, 0) is 39.2 Å². The molecular weight excluding hydrogens is 226 g/mol. The molecule has 0 aromatic carbocycles. The maximum atomic E-state index is 4.47. The number of piperidine rings is 1. The van der Waals surface area contributed by atoms with Crippen LogP contribution in [0, 0.1) is 6.92 Å². The molecule has 5 heteroatoms. The summed E-state index contributed by atoms with van der Waals surface area (Å²) < 4.78 is 0. The Bertz CT molecular complexity index is 410. The quantitative estimate of drug-likeness (QED) is 0.753. The molecule has 0 spiro atoms. The average Bonchev–Trinajstić information content (AvgIpc) is 3.13. The standard InChI is InChI=1S/C13H21N5/c1-9-15-12(17-10-4-5-10)7-13(16-9)18-11-3-2-6-14-8-11/h7,10-11,14H,2-6,8H2,1H3,(H2,15,16,17,18). The maximum Gasteiger partial charge on any atom is 0.132 e. The van der Waals surface area contributed by atoms with Gasteiger partial charge >= 0.3 is 0 Å². The summed E-state index contributed by atoms with van der Waals surface area (Å²) >= 11 is 0. The Morgan fingerprint density at radius 1 is 1.11 bits per heavy atom. The summed E-state index contributed by atoms with van der Waals surface area (Å²) in [6.45, 7) is 4.10. The molecule has 2 fully saturated rings. The molecule has 3 N–H and O–H groups in total. The van der Waals surface area contributed by atoms with E-state index in [1.807, 2.05) is 13.0 Å². The van der Waals surface area contributed by atoms with E-state index in [0.29, 0.717) is 12.1 Å². The summed E-state index contributed by atoms with van der Waals surface area (Å²) in [6.07, 6.45) is 4.97. The second-order valence-corrected chi connectivity index (χ2v) is 5.29. The van der Waals surface area contributed by atoms with Crippen LogP contribution in [-0.4, -0.2) is 35.1 Å². The number of aromatic nitrogens is 2. The summed E-state index contributed by atoms with van der Waals surface area (Å²) in [6, 6.07) is 3.14. The molecule has 1 aromatic heterocycles. The highest BCUT2D eigenvalue weighted by Crippen LogP contribution is 2.24. The molecule has 1 saturated heterocycles. The van der Waals surface area contributed by atoms with E-state index in [2.05, 4.69) is 25.9 Å². The molecule has 3 rings (SSSR count). The van der Waals surface area contributed by atoms with E-state index in [4.69, 9.17) is 0 Å². The zero-order chi connectivity index (χ0) is 12.4. The van der Waals surface area contributed by atoms with Crippen LogP contribution >= 0.6 is 0 Å². The van der Waals surface area contributed by atoms with Crippen molar-refractivity contribution in [1.82, 2.24) is 15.3 Å². The Hall–Kier alpha value is -1.36. The minimum absolute atomic E-state index is 0.488. The van der Waals surface area contributed by atoms with Crippen LogP contribution in [-0.2, 0) is 0 Å². The van der Waals surface area contributed by atoms with Gasteiger partial charge in [0, 0.05) is 24.7 Å². The van der Waals surface area contributed by atoms with Gasteiger partial charge in [-0.15, -0.1) is 0 Å². The molecule has 1 aromatic rings. The van der Waals surface area contributed by atoms with Gasteiger partial charge in [0.15, 0.2) is 0 Å². The molecule has 5 nitrogen and oxygen atoms in total. The molecule has 1 aliphatic heterocycles. The fourth-order valence-electron chi connectivity index (χ4n) is 2.34. The number of hydrogen-bond donors (Lipinski definition) is 3. The van der Waals surface area contributed by atoms with Gasteiger partial charge < -0.3 is 16.0 Å². The van der Waals surface area contributed by atoms with Gasteiger partial charge in [0.25, 0.3) is 0 Å². The zero-order valence-electron chi connectivity index (χ0n) is 10.9. The van der Waals surface area contributed by atoms with Crippen molar-refractivity contribution in [2.45, 2.75) is 44.7 Å². The highest BCUT2D eigenvalue weighted by Gasteiger charge is 2.22. The number of aryl methyl sites for hydroxylation is 1. The zero-order valence-corrected chi connectivity index (χ0v) is 10.9. The second-order valence-electron chi connectivity index (χ2n) is 5.29. The lowest BCUT2D eigenvalue weighted by atomic mass is 10.1. The van der Waals surface area contributed by atoms with Crippen LogP contribution in [0.5, 0.6) is 0 Å². The maximum absolute atomic E-state index is 4.47. The van der Waals surface area contributed by atoms with Gasteiger partial charge in [-0.25, -0.2) is 9.97 Å². The van der Waals surface area contributed by atoms with E-state index in [0.717, 1.165) is 30.5 Å². The van der Waals surface area contributed by atoms with Crippen LogP contribution in [0.1, 0.15) is 31.5 Å². The first-order valence-corrected chi connectivity index (χ1v) is 6.89. The minimum Gasteiger partial charge on any atom is -0.367 e. The predicted molar refractivity (Wildman–Crippen MR) is 72.9 cm³/mol. The van der Waals surface area contributed by atoms with Crippen LogP contribution in [0.3, 0.4) is 0 Å². The van der Waals surface area contributed by atoms with Crippen molar-refractivity contribution in [3.05, 3.63) is 11.9 Å². The monoisotopic (exact) mass is 247 g/mol. The molecule has 2 heterocycles. The topological polar surface area (TPSA) is 61.9 Å². The van der Waals surface area contributed by atoms with E-state index in [9.17, 15) is 0 Å². The fourth-order valence-corrected chi connectivity index (χ4v) is 2.34. The van der Waals surface area contributed by atoms with Crippen molar-refractivity contribution >= 4 is 11.6 Å². The molecule has 1 atom stereocenters.